The van der Waals surface area contributed by atoms with E-state index in [0.717, 1.165) is 12.8 Å². The topological polar surface area (TPSA) is 94.1 Å². The zero-order valence-corrected chi connectivity index (χ0v) is 16.9. The number of benzene rings is 1. The molecule has 2 rings (SSSR count). The molecule has 1 heterocycles. The highest BCUT2D eigenvalue weighted by molar-refractivity contribution is 5.69. The standard InChI is InChI=1S/C20H32FN3O4/c1-20(2,3)28-19(27)24-9-7-14(8-10-24)11-23-18-16(21)5-4-6-17(18)22-12-15(26)13-25/h4-6,14-15,22-23,25-26H,7-13H2,1-3H3. The lowest BCUT2D eigenvalue weighted by Crippen LogP contribution is -2.42. The van der Waals surface area contributed by atoms with Gasteiger partial charge < -0.3 is 30.5 Å². The van der Waals surface area contributed by atoms with E-state index in [4.69, 9.17) is 9.84 Å². The zero-order valence-electron chi connectivity index (χ0n) is 16.9. The number of halogens is 1. The molecule has 0 aliphatic carbocycles. The number of carbonyl (C=O) groups is 1. The van der Waals surface area contributed by atoms with Gasteiger partial charge in [0.1, 0.15) is 11.4 Å². The summed E-state index contributed by atoms with van der Waals surface area (Å²) in [6.45, 7) is 7.13. The molecule has 1 aliphatic heterocycles. The van der Waals surface area contributed by atoms with Gasteiger partial charge in [0.2, 0.25) is 0 Å². The zero-order chi connectivity index (χ0) is 20.7. The second-order valence-electron chi connectivity index (χ2n) is 8.17. The molecular weight excluding hydrogens is 365 g/mol. The minimum absolute atomic E-state index is 0.128. The number of nitrogens with one attached hydrogen (secondary N) is 2. The number of rotatable bonds is 7. The number of aliphatic hydroxyl groups is 2. The van der Waals surface area contributed by atoms with Gasteiger partial charge in [0.15, 0.2) is 0 Å². The van der Waals surface area contributed by atoms with Crippen LogP contribution in [-0.4, -0.2) is 65.7 Å². The Kier molecular flexibility index (Phi) is 7.88. The van der Waals surface area contributed by atoms with Crippen LogP contribution in [0.5, 0.6) is 0 Å². The minimum atomic E-state index is -0.909. The number of carbonyl (C=O) groups excluding carboxylic acids is 1. The molecule has 7 nitrogen and oxygen atoms in total. The third kappa shape index (κ3) is 6.83. The van der Waals surface area contributed by atoms with Crippen LogP contribution < -0.4 is 10.6 Å². The largest absolute Gasteiger partial charge is 0.444 e. The summed E-state index contributed by atoms with van der Waals surface area (Å²) in [5.41, 5.74) is 0.383. The summed E-state index contributed by atoms with van der Waals surface area (Å²) in [6, 6.07) is 4.69. The highest BCUT2D eigenvalue weighted by Gasteiger charge is 2.27. The predicted molar refractivity (Wildman–Crippen MR) is 107 cm³/mol. The number of ether oxygens (including phenoxy) is 1. The summed E-state index contributed by atoms with van der Waals surface area (Å²) in [7, 11) is 0. The van der Waals surface area contributed by atoms with Gasteiger partial charge in [-0.05, 0) is 51.7 Å². The lowest BCUT2D eigenvalue weighted by atomic mass is 9.97. The van der Waals surface area contributed by atoms with Crippen molar-refractivity contribution in [2.75, 3.05) is 43.4 Å². The molecule has 0 radical (unpaired) electrons. The van der Waals surface area contributed by atoms with Crippen LogP contribution >= 0.6 is 0 Å². The minimum Gasteiger partial charge on any atom is -0.444 e. The molecule has 0 aromatic heterocycles. The molecule has 1 aromatic carbocycles. The van der Waals surface area contributed by atoms with E-state index in [0.29, 0.717) is 36.9 Å². The molecule has 1 saturated heterocycles. The normalized spacial score (nSPS) is 16.6. The Morgan fingerprint density at radius 3 is 2.61 bits per heavy atom. The summed E-state index contributed by atoms with van der Waals surface area (Å²) in [6.07, 6.45) is 0.426. The predicted octanol–water partition coefficient (Wildman–Crippen LogP) is 2.65. The highest BCUT2D eigenvalue weighted by atomic mass is 19.1. The Morgan fingerprint density at radius 1 is 1.32 bits per heavy atom. The van der Waals surface area contributed by atoms with Crippen molar-refractivity contribution in [1.29, 1.82) is 0 Å². The maximum absolute atomic E-state index is 14.3. The Hall–Kier alpha value is -2.06. The number of nitrogens with zero attached hydrogens (tertiary/aromatic N) is 1. The molecule has 1 unspecified atom stereocenters. The van der Waals surface area contributed by atoms with Gasteiger partial charge in [0, 0.05) is 26.2 Å². The number of para-hydroxylation sites is 1. The second-order valence-corrected chi connectivity index (χ2v) is 8.17. The van der Waals surface area contributed by atoms with E-state index >= 15 is 0 Å². The summed E-state index contributed by atoms with van der Waals surface area (Å²) in [4.78, 5) is 13.8. The molecule has 158 valence electrons. The molecule has 0 spiro atoms. The first-order valence-electron chi connectivity index (χ1n) is 9.72. The van der Waals surface area contributed by atoms with Gasteiger partial charge in [-0.15, -0.1) is 0 Å². The molecule has 1 atom stereocenters. The van der Waals surface area contributed by atoms with E-state index in [1.54, 1.807) is 17.0 Å². The number of anilines is 2. The number of amides is 1. The van der Waals surface area contributed by atoms with E-state index in [1.807, 2.05) is 20.8 Å². The Morgan fingerprint density at radius 2 is 2.00 bits per heavy atom. The smallest absolute Gasteiger partial charge is 0.410 e. The van der Waals surface area contributed by atoms with Crippen molar-refractivity contribution in [2.45, 2.75) is 45.3 Å². The lowest BCUT2D eigenvalue weighted by molar-refractivity contribution is 0.0188. The van der Waals surface area contributed by atoms with Gasteiger partial charge in [-0.2, -0.15) is 0 Å². The first-order valence-corrected chi connectivity index (χ1v) is 9.72. The maximum atomic E-state index is 14.3. The molecular formula is C20H32FN3O4. The molecule has 1 amide bonds. The summed E-state index contributed by atoms with van der Waals surface area (Å²) in [5, 5.41) is 24.5. The van der Waals surface area contributed by atoms with E-state index in [1.165, 1.54) is 6.07 Å². The average Bonchev–Trinajstić information content (AvgIpc) is 2.64. The number of piperidine rings is 1. The van der Waals surface area contributed by atoms with Crippen LogP contribution in [0, 0.1) is 11.7 Å². The van der Waals surface area contributed by atoms with Crippen LogP contribution in [0.3, 0.4) is 0 Å². The second kappa shape index (κ2) is 9.93. The van der Waals surface area contributed by atoms with Crippen LogP contribution in [0.25, 0.3) is 0 Å². The first kappa shape index (κ1) is 22.2. The molecule has 1 aliphatic rings. The van der Waals surface area contributed by atoms with Crippen molar-refractivity contribution in [3.05, 3.63) is 24.0 Å². The summed E-state index contributed by atoms with van der Waals surface area (Å²) in [5.74, 6) is -0.0659. The Labute approximate surface area is 165 Å². The third-order valence-corrected chi connectivity index (χ3v) is 4.59. The van der Waals surface area contributed by atoms with Gasteiger partial charge >= 0.3 is 6.09 Å². The first-order chi connectivity index (χ1) is 13.2. The highest BCUT2D eigenvalue weighted by Crippen LogP contribution is 2.27. The van der Waals surface area contributed by atoms with Crippen molar-refractivity contribution in [3.8, 4) is 0 Å². The van der Waals surface area contributed by atoms with Crippen molar-refractivity contribution >= 4 is 17.5 Å². The van der Waals surface area contributed by atoms with Crippen LogP contribution in [0.15, 0.2) is 18.2 Å². The van der Waals surface area contributed by atoms with Crippen molar-refractivity contribution in [3.63, 3.8) is 0 Å². The van der Waals surface area contributed by atoms with Crippen LogP contribution in [-0.2, 0) is 4.74 Å². The number of aliphatic hydroxyl groups excluding tert-OH is 2. The van der Waals surface area contributed by atoms with E-state index in [2.05, 4.69) is 10.6 Å². The summed E-state index contributed by atoms with van der Waals surface area (Å²) < 4.78 is 19.7. The van der Waals surface area contributed by atoms with E-state index in [-0.39, 0.29) is 25.1 Å². The lowest BCUT2D eigenvalue weighted by Gasteiger charge is -2.33. The van der Waals surface area contributed by atoms with Crippen molar-refractivity contribution in [1.82, 2.24) is 4.90 Å². The van der Waals surface area contributed by atoms with Crippen molar-refractivity contribution in [2.24, 2.45) is 5.92 Å². The van der Waals surface area contributed by atoms with E-state index in [9.17, 15) is 14.3 Å². The molecule has 28 heavy (non-hydrogen) atoms. The molecule has 4 N–H and O–H groups in total. The fourth-order valence-electron chi connectivity index (χ4n) is 3.04. The SMILES string of the molecule is CC(C)(C)OC(=O)N1CCC(CNc2c(F)cccc2NCC(O)CO)CC1. The summed E-state index contributed by atoms with van der Waals surface area (Å²) >= 11 is 0. The Balaban J connectivity index is 1.86. The molecule has 0 bridgehead atoms. The van der Waals surface area contributed by atoms with Gasteiger partial charge in [0.05, 0.1) is 24.1 Å². The maximum Gasteiger partial charge on any atom is 0.410 e. The van der Waals surface area contributed by atoms with Crippen LogP contribution in [0.2, 0.25) is 0 Å². The fraction of sp³-hybridized carbons (Fsp3) is 0.650. The molecule has 8 heteroatoms. The van der Waals surface area contributed by atoms with Gasteiger partial charge in [0.25, 0.3) is 0 Å². The number of hydrogen-bond donors (Lipinski definition) is 4. The average molecular weight is 397 g/mol. The quantitative estimate of drug-likeness (QED) is 0.565. The van der Waals surface area contributed by atoms with Crippen molar-refractivity contribution < 1.29 is 24.1 Å². The van der Waals surface area contributed by atoms with Gasteiger partial charge in [-0.25, -0.2) is 9.18 Å². The Bertz CT molecular complexity index is 643. The van der Waals surface area contributed by atoms with Gasteiger partial charge in [-0.3, -0.25) is 0 Å². The van der Waals surface area contributed by atoms with E-state index < -0.39 is 11.7 Å². The molecule has 1 aromatic rings. The number of hydrogen-bond acceptors (Lipinski definition) is 6. The fourth-order valence-corrected chi connectivity index (χ4v) is 3.04. The van der Waals surface area contributed by atoms with Gasteiger partial charge in [-0.1, -0.05) is 6.07 Å². The third-order valence-electron chi connectivity index (χ3n) is 4.59. The number of likely N-dealkylation sites (tertiary alicyclic amines) is 1. The van der Waals surface area contributed by atoms with Crippen LogP contribution in [0.1, 0.15) is 33.6 Å². The molecule has 1 fully saturated rings. The molecule has 0 saturated carbocycles. The monoisotopic (exact) mass is 397 g/mol. The van der Waals surface area contributed by atoms with Crippen LogP contribution in [0.4, 0.5) is 20.6 Å².